The highest BCUT2D eigenvalue weighted by Crippen LogP contribution is 2.32. The Bertz CT molecular complexity index is 397. The number of piperidine rings is 1. The highest BCUT2D eigenvalue weighted by molar-refractivity contribution is 7.90. The maximum absolute atomic E-state index is 12.0. The van der Waals surface area contributed by atoms with Gasteiger partial charge in [0.2, 0.25) is 10.0 Å². The van der Waals surface area contributed by atoms with Crippen molar-refractivity contribution in [2.45, 2.75) is 30.9 Å². The van der Waals surface area contributed by atoms with Crippen molar-refractivity contribution in [3.63, 3.8) is 0 Å². The van der Waals surface area contributed by atoms with Gasteiger partial charge in [0.05, 0.1) is 12.4 Å². The van der Waals surface area contributed by atoms with Crippen LogP contribution in [0.2, 0.25) is 0 Å². The molecule has 0 radical (unpaired) electrons. The molecule has 2 fully saturated rings. The Hall–Kier alpha value is -0.820. The fraction of sp³-hybridized carbons (Fsp3) is 0.909. The van der Waals surface area contributed by atoms with Crippen LogP contribution in [-0.4, -0.2) is 50.8 Å². The second kappa shape index (κ2) is 5.44. The van der Waals surface area contributed by atoms with Crippen molar-refractivity contribution >= 4 is 16.1 Å². The zero-order valence-electron chi connectivity index (χ0n) is 10.6. The van der Waals surface area contributed by atoms with E-state index in [0.29, 0.717) is 25.6 Å². The number of carbonyl (C=O) groups excluding carboxylic acids is 1. The number of nitrogens with zero attached hydrogens (tertiary/aromatic N) is 1. The van der Waals surface area contributed by atoms with Crippen LogP contribution in [0, 0.1) is 5.92 Å². The summed E-state index contributed by atoms with van der Waals surface area (Å²) < 4.78 is 30.1. The maximum Gasteiger partial charge on any atom is 0.406 e. The highest BCUT2D eigenvalue weighted by atomic mass is 32.2. The molecule has 6 nitrogen and oxygen atoms in total. The van der Waals surface area contributed by atoms with Crippen molar-refractivity contribution in [3.8, 4) is 0 Å². The minimum atomic E-state index is -3.03. The van der Waals surface area contributed by atoms with Gasteiger partial charge in [0, 0.05) is 19.6 Å². The van der Waals surface area contributed by atoms with Crippen LogP contribution in [0.4, 0.5) is 4.79 Å². The van der Waals surface area contributed by atoms with Gasteiger partial charge in [-0.25, -0.2) is 17.5 Å². The standard InChI is InChI=1S/C11H20N2O4S/c1-17-11(14)12-8-9-4-6-13(7-5-9)18(15,16)10-2-3-10/h9-10H,2-8H2,1H3,(H,12,14). The van der Waals surface area contributed by atoms with E-state index in [1.807, 2.05) is 0 Å². The lowest BCUT2D eigenvalue weighted by Gasteiger charge is -2.31. The minimum Gasteiger partial charge on any atom is -0.453 e. The molecule has 104 valence electrons. The van der Waals surface area contributed by atoms with E-state index >= 15 is 0 Å². The van der Waals surface area contributed by atoms with Gasteiger partial charge in [-0.15, -0.1) is 0 Å². The molecule has 1 saturated carbocycles. The molecule has 7 heteroatoms. The van der Waals surface area contributed by atoms with Crippen LogP contribution >= 0.6 is 0 Å². The SMILES string of the molecule is COC(=O)NCC1CCN(S(=O)(=O)C2CC2)CC1. The molecule has 0 atom stereocenters. The van der Waals surface area contributed by atoms with Crippen LogP contribution in [0.5, 0.6) is 0 Å². The first-order valence-electron chi connectivity index (χ1n) is 6.35. The molecule has 0 aromatic heterocycles. The number of sulfonamides is 1. The van der Waals surface area contributed by atoms with Gasteiger partial charge in [0.1, 0.15) is 0 Å². The van der Waals surface area contributed by atoms with E-state index < -0.39 is 16.1 Å². The molecule has 1 N–H and O–H groups in total. The molecule has 2 aliphatic rings. The van der Waals surface area contributed by atoms with Gasteiger partial charge in [0.25, 0.3) is 0 Å². The van der Waals surface area contributed by atoms with Gasteiger partial charge in [-0.2, -0.15) is 0 Å². The fourth-order valence-corrected chi connectivity index (χ4v) is 4.12. The van der Waals surface area contributed by atoms with Crippen molar-refractivity contribution < 1.29 is 17.9 Å². The highest BCUT2D eigenvalue weighted by Gasteiger charge is 2.41. The smallest absolute Gasteiger partial charge is 0.406 e. The van der Waals surface area contributed by atoms with Gasteiger partial charge >= 0.3 is 6.09 Å². The summed E-state index contributed by atoms with van der Waals surface area (Å²) >= 11 is 0. The topological polar surface area (TPSA) is 75.7 Å². The maximum atomic E-state index is 12.0. The molecular weight excluding hydrogens is 256 g/mol. The van der Waals surface area contributed by atoms with Crippen molar-refractivity contribution in [1.82, 2.24) is 9.62 Å². The Labute approximate surface area is 108 Å². The summed E-state index contributed by atoms with van der Waals surface area (Å²) in [5.74, 6) is 0.342. The zero-order valence-corrected chi connectivity index (χ0v) is 11.4. The first-order valence-corrected chi connectivity index (χ1v) is 7.85. The summed E-state index contributed by atoms with van der Waals surface area (Å²) in [6.07, 6.45) is 2.80. The van der Waals surface area contributed by atoms with Crippen LogP contribution in [0.25, 0.3) is 0 Å². The second-order valence-corrected chi connectivity index (χ2v) is 7.17. The van der Waals surface area contributed by atoms with Crippen LogP contribution in [-0.2, 0) is 14.8 Å². The molecule has 1 heterocycles. The number of ether oxygens (including phenoxy) is 1. The number of alkyl carbamates (subject to hydrolysis) is 1. The van der Waals surface area contributed by atoms with Crippen molar-refractivity contribution in [2.24, 2.45) is 5.92 Å². The third-order valence-corrected chi connectivity index (χ3v) is 6.00. The molecule has 0 bridgehead atoms. The third kappa shape index (κ3) is 3.14. The predicted molar refractivity (Wildman–Crippen MR) is 66.6 cm³/mol. The molecule has 2 rings (SSSR count). The first kappa shape index (κ1) is 13.6. The van der Waals surface area contributed by atoms with E-state index in [0.717, 1.165) is 25.7 Å². The van der Waals surface area contributed by atoms with Crippen LogP contribution in [0.3, 0.4) is 0 Å². The molecule has 18 heavy (non-hydrogen) atoms. The van der Waals surface area contributed by atoms with Crippen molar-refractivity contribution in [3.05, 3.63) is 0 Å². The van der Waals surface area contributed by atoms with E-state index in [2.05, 4.69) is 10.1 Å². The van der Waals surface area contributed by atoms with E-state index in [1.54, 1.807) is 4.31 Å². The second-order valence-electron chi connectivity index (χ2n) is 4.96. The molecule has 0 aromatic carbocycles. The summed E-state index contributed by atoms with van der Waals surface area (Å²) in [5.41, 5.74) is 0. The largest absolute Gasteiger partial charge is 0.453 e. The van der Waals surface area contributed by atoms with Gasteiger partial charge in [-0.05, 0) is 31.6 Å². The number of carbonyl (C=O) groups is 1. The van der Waals surface area contributed by atoms with E-state index in [4.69, 9.17) is 0 Å². The Morgan fingerprint density at radius 3 is 2.39 bits per heavy atom. The third-order valence-electron chi connectivity index (χ3n) is 3.60. The van der Waals surface area contributed by atoms with Gasteiger partial charge in [-0.3, -0.25) is 0 Å². The van der Waals surface area contributed by atoms with Crippen LogP contribution in [0.15, 0.2) is 0 Å². The monoisotopic (exact) mass is 276 g/mol. The van der Waals surface area contributed by atoms with Crippen LogP contribution < -0.4 is 5.32 Å². The molecule has 1 saturated heterocycles. The summed E-state index contributed by atoms with van der Waals surface area (Å²) in [6.45, 7) is 1.71. The number of nitrogens with one attached hydrogen (secondary N) is 1. The van der Waals surface area contributed by atoms with Crippen molar-refractivity contribution in [1.29, 1.82) is 0 Å². The Morgan fingerprint density at radius 1 is 1.28 bits per heavy atom. The quantitative estimate of drug-likeness (QED) is 0.813. The molecule has 1 aliphatic carbocycles. The first-order chi connectivity index (χ1) is 8.54. The number of methoxy groups -OCH3 is 1. The molecule has 0 aromatic rings. The normalized spacial score (nSPS) is 22.7. The number of rotatable bonds is 4. The fourth-order valence-electron chi connectivity index (χ4n) is 2.24. The predicted octanol–water partition coefficient (Wildman–Crippen LogP) is 0.547. The summed E-state index contributed by atoms with van der Waals surface area (Å²) in [7, 11) is -1.69. The van der Waals surface area contributed by atoms with E-state index in [9.17, 15) is 13.2 Å². The van der Waals surface area contributed by atoms with Gasteiger partial charge in [-0.1, -0.05) is 0 Å². The molecule has 1 amide bonds. The zero-order chi connectivity index (χ0) is 13.2. The van der Waals surface area contributed by atoms with E-state index in [1.165, 1.54) is 7.11 Å². The minimum absolute atomic E-state index is 0.123. The molecule has 1 aliphatic heterocycles. The van der Waals surface area contributed by atoms with E-state index in [-0.39, 0.29) is 5.25 Å². The Morgan fingerprint density at radius 2 is 1.89 bits per heavy atom. The van der Waals surface area contributed by atoms with Gasteiger partial charge in [0.15, 0.2) is 0 Å². The molecule has 0 spiro atoms. The Balaban J connectivity index is 1.76. The average molecular weight is 276 g/mol. The number of hydrogen-bond donors (Lipinski definition) is 1. The lowest BCUT2D eigenvalue weighted by molar-refractivity contribution is 0.166. The lowest BCUT2D eigenvalue weighted by atomic mass is 9.98. The molecular formula is C11H20N2O4S. The summed E-state index contributed by atoms with van der Waals surface area (Å²) in [4.78, 5) is 10.9. The van der Waals surface area contributed by atoms with Crippen molar-refractivity contribution in [2.75, 3.05) is 26.7 Å². The molecule has 0 unspecified atom stereocenters. The van der Waals surface area contributed by atoms with Crippen LogP contribution in [0.1, 0.15) is 25.7 Å². The lowest BCUT2D eigenvalue weighted by Crippen LogP contribution is -2.42. The Kier molecular flexibility index (Phi) is 4.11. The summed E-state index contributed by atoms with van der Waals surface area (Å²) in [6, 6.07) is 0. The number of hydrogen-bond acceptors (Lipinski definition) is 4. The summed E-state index contributed by atoms with van der Waals surface area (Å²) in [5, 5.41) is 2.54. The average Bonchev–Trinajstić information content (AvgIpc) is 3.21. The number of amides is 1. The van der Waals surface area contributed by atoms with Gasteiger partial charge < -0.3 is 10.1 Å².